The number of methoxy groups -OCH3 is 1. The molecule has 1 aliphatic heterocycles. The van der Waals surface area contributed by atoms with Crippen LogP contribution >= 0.6 is 11.8 Å². The topological polar surface area (TPSA) is 93.7 Å². The zero-order valence-electron chi connectivity index (χ0n) is 15.3. The van der Waals surface area contributed by atoms with Crippen LogP contribution < -0.4 is 15.4 Å². The van der Waals surface area contributed by atoms with E-state index in [1.807, 2.05) is 42.5 Å². The van der Waals surface area contributed by atoms with Gasteiger partial charge in [-0.05, 0) is 29.8 Å². The van der Waals surface area contributed by atoms with Gasteiger partial charge in [-0.15, -0.1) is 11.8 Å². The number of hydrogen-bond acceptors (Lipinski definition) is 6. The Kier molecular flexibility index (Phi) is 6.54. The Bertz CT molecular complexity index is 886. The van der Waals surface area contributed by atoms with Gasteiger partial charge in [0.1, 0.15) is 5.75 Å². The number of esters is 1. The zero-order valence-corrected chi connectivity index (χ0v) is 16.1. The van der Waals surface area contributed by atoms with Crippen molar-refractivity contribution in [2.75, 3.05) is 19.0 Å². The largest absolute Gasteiger partial charge is 0.497 e. The van der Waals surface area contributed by atoms with Crippen molar-refractivity contribution in [2.24, 2.45) is 0 Å². The van der Waals surface area contributed by atoms with Crippen molar-refractivity contribution in [2.45, 2.75) is 23.1 Å². The first kappa shape index (κ1) is 19.8. The van der Waals surface area contributed by atoms with Crippen molar-refractivity contribution in [3.05, 3.63) is 54.1 Å². The SMILES string of the molecule is COc1cccc(CNC(=O)COC(=O)C[C@@H]2Sc3ccccc3NC2=O)c1. The Hall–Kier alpha value is -3.00. The number of carbonyl (C=O) groups excluding carboxylic acids is 3. The molecule has 0 bridgehead atoms. The van der Waals surface area contributed by atoms with E-state index in [4.69, 9.17) is 9.47 Å². The van der Waals surface area contributed by atoms with E-state index in [0.29, 0.717) is 12.3 Å². The normalized spacial score (nSPS) is 15.2. The summed E-state index contributed by atoms with van der Waals surface area (Å²) in [5.41, 5.74) is 1.60. The fraction of sp³-hybridized carbons (Fsp3) is 0.250. The van der Waals surface area contributed by atoms with Crippen molar-refractivity contribution < 1.29 is 23.9 Å². The molecule has 2 aromatic carbocycles. The summed E-state index contributed by atoms with van der Waals surface area (Å²) in [4.78, 5) is 36.9. The number of ether oxygens (including phenoxy) is 2. The fourth-order valence-corrected chi connectivity index (χ4v) is 3.71. The minimum Gasteiger partial charge on any atom is -0.497 e. The number of para-hydroxylation sites is 1. The molecule has 8 heteroatoms. The Morgan fingerprint density at radius 3 is 2.82 bits per heavy atom. The summed E-state index contributed by atoms with van der Waals surface area (Å²) in [6.45, 7) is -0.0936. The summed E-state index contributed by atoms with van der Waals surface area (Å²) < 4.78 is 10.1. The summed E-state index contributed by atoms with van der Waals surface area (Å²) in [5.74, 6) is -0.558. The molecule has 1 heterocycles. The monoisotopic (exact) mass is 400 g/mol. The first-order chi connectivity index (χ1) is 13.5. The van der Waals surface area contributed by atoms with Gasteiger partial charge in [0, 0.05) is 11.4 Å². The molecule has 28 heavy (non-hydrogen) atoms. The van der Waals surface area contributed by atoms with Crippen molar-refractivity contribution in [1.29, 1.82) is 0 Å². The molecule has 146 valence electrons. The van der Waals surface area contributed by atoms with E-state index in [-0.39, 0.29) is 12.3 Å². The predicted molar refractivity (Wildman–Crippen MR) is 105 cm³/mol. The Labute approximate surface area is 166 Å². The van der Waals surface area contributed by atoms with Crippen LogP contribution in [0.3, 0.4) is 0 Å². The molecule has 0 fully saturated rings. The lowest BCUT2D eigenvalue weighted by Crippen LogP contribution is -2.33. The van der Waals surface area contributed by atoms with Crippen LogP contribution in [0.25, 0.3) is 0 Å². The minimum atomic E-state index is -0.594. The van der Waals surface area contributed by atoms with Crippen LogP contribution in [0.5, 0.6) is 5.75 Å². The number of carbonyl (C=O) groups is 3. The van der Waals surface area contributed by atoms with E-state index in [2.05, 4.69) is 10.6 Å². The molecule has 0 aromatic heterocycles. The third-order valence-electron chi connectivity index (χ3n) is 4.05. The van der Waals surface area contributed by atoms with Crippen LogP contribution in [-0.2, 0) is 25.7 Å². The highest BCUT2D eigenvalue weighted by molar-refractivity contribution is 8.01. The standard InChI is InChI=1S/C20H20N2O5S/c1-26-14-6-4-5-13(9-14)11-21-18(23)12-27-19(24)10-17-20(25)22-15-7-2-3-8-16(15)28-17/h2-9,17H,10-12H2,1H3,(H,21,23)(H,22,25)/t17-/m0/s1. The van der Waals surface area contributed by atoms with Crippen LogP contribution in [-0.4, -0.2) is 36.8 Å². The molecule has 1 aliphatic rings. The number of anilines is 1. The predicted octanol–water partition coefficient (Wildman–Crippen LogP) is 2.36. The van der Waals surface area contributed by atoms with Gasteiger partial charge in [0.25, 0.3) is 5.91 Å². The maximum Gasteiger partial charge on any atom is 0.307 e. The molecule has 0 unspecified atom stereocenters. The van der Waals surface area contributed by atoms with E-state index in [9.17, 15) is 14.4 Å². The molecule has 2 N–H and O–H groups in total. The van der Waals surface area contributed by atoms with Gasteiger partial charge >= 0.3 is 5.97 Å². The van der Waals surface area contributed by atoms with Gasteiger partial charge in [0.2, 0.25) is 5.91 Å². The van der Waals surface area contributed by atoms with E-state index >= 15 is 0 Å². The molecule has 0 spiro atoms. The molecular weight excluding hydrogens is 380 g/mol. The van der Waals surface area contributed by atoms with E-state index in [1.54, 1.807) is 13.2 Å². The number of benzene rings is 2. The Morgan fingerprint density at radius 1 is 1.18 bits per heavy atom. The van der Waals surface area contributed by atoms with Gasteiger partial charge in [-0.25, -0.2) is 0 Å². The van der Waals surface area contributed by atoms with Crippen LogP contribution in [0.2, 0.25) is 0 Å². The number of amides is 2. The van der Waals surface area contributed by atoms with Gasteiger partial charge in [-0.2, -0.15) is 0 Å². The average Bonchev–Trinajstić information content (AvgIpc) is 2.71. The first-order valence-electron chi connectivity index (χ1n) is 8.67. The highest BCUT2D eigenvalue weighted by Crippen LogP contribution is 2.36. The number of nitrogens with one attached hydrogen (secondary N) is 2. The second kappa shape index (κ2) is 9.27. The molecule has 2 aromatic rings. The smallest absolute Gasteiger partial charge is 0.307 e. The fourth-order valence-electron chi connectivity index (χ4n) is 2.62. The summed E-state index contributed by atoms with van der Waals surface area (Å²) in [5, 5.41) is 4.86. The summed E-state index contributed by atoms with van der Waals surface area (Å²) >= 11 is 1.31. The summed E-state index contributed by atoms with van der Waals surface area (Å²) in [6, 6.07) is 14.7. The molecular formula is C20H20N2O5S. The van der Waals surface area contributed by atoms with Gasteiger partial charge in [0.15, 0.2) is 6.61 Å². The Morgan fingerprint density at radius 2 is 2.00 bits per heavy atom. The molecule has 0 saturated carbocycles. The summed E-state index contributed by atoms with van der Waals surface area (Å²) in [6.07, 6.45) is -0.103. The zero-order chi connectivity index (χ0) is 19.9. The second-order valence-electron chi connectivity index (χ2n) is 6.08. The lowest BCUT2D eigenvalue weighted by Gasteiger charge is -2.23. The lowest BCUT2D eigenvalue weighted by molar-refractivity contribution is -0.149. The third kappa shape index (κ3) is 5.26. The van der Waals surface area contributed by atoms with Gasteiger partial charge in [-0.3, -0.25) is 14.4 Å². The number of fused-ring (bicyclic) bond motifs is 1. The number of thioether (sulfide) groups is 1. The van der Waals surface area contributed by atoms with Gasteiger partial charge in [0.05, 0.1) is 24.5 Å². The first-order valence-corrected chi connectivity index (χ1v) is 9.55. The molecule has 7 nitrogen and oxygen atoms in total. The third-order valence-corrected chi connectivity index (χ3v) is 5.32. The molecule has 2 amide bonds. The average molecular weight is 400 g/mol. The summed E-state index contributed by atoms with van der Waals surface area (Å²) in [7, 11) is 1.57. The number of rotatable bonds is 7. The van der Waals surface area contributed by atoms with Crippen molar-refractivity contribution in [1.82, 2.24) is 5.32 Å². The van der Waals surface area contributed by atoms with Crippen molar-refractivity contribution in [3.8, 4) is 5.75 Å². The number of hydrogen-bond donors (Lipinski definition) is 2. The van der Waals surface area contributed by atoms with Crippen molar-refractivity contribution in [3.63, 3.8) is 0 Å². The highest BCUT2D eigenvalue weighted by atomic mass is 32.2. The quantitative estimate of drug-likeness (QED) is 0.693. The minimum absolute atomic E-state index is 0.103. The van der Waals surface area contributed by atoms with Gasteiger partial charge < -0.3 is 20.1 Å². The van der Waals surface area contributed by atoms with E-state index in [0.717, 1.165) is 16.1 Å². The molecule has 1 atom stereocenters. The second-order valence-corrected chi connectivity index (χ2v) is 7.33. The van der Waals surface area contributed by atoms with Crippen molar-refractivity contribution >= 4 is 35.2 Å². The van der Waals surface area contributed by atoms with Crippen LogP contribution in [0.15, 0.2) is 53.4 Å². The van der Waals surface area contributed by atoms with Gasteiger partial charge in [-0.1, -0.05) is 24.3 Å². The maximum absolute atomic E-state index is 12.1. The molecule has 0 aliphatic carbocycles. The van der Waals surface area contributed by atoms with E-state index in [1.165, 1.54) is 11.8 Å². The van der Waals surface area contributed by atoms with Crippen LogP contribution in [0.1, 0.15) is 12.0 Å². The van der Waals surface area contributed by atoms with Crippen LogP contribution in [0, 0.1) is 0 Å². The molecule has 0 saturated heterocycles. The Balaban J connectivity index is 1.42. The molecule has 3 rings (SSSR count). The molecule has 0 radical (unpaired) electrons. The maximum atomic E-state index is 12.1. The lowest BCUT2D eigenvalue weighted by atomic mass is 10.2. The van der Waals surface area contributed by atoms with Crippen LogP contribution in [0.4, 0.5) is 5.69 Å². The van der Waals surface area contributed by atoms with E-state index < -0.39 is 23.7 Å². The highest BCUT2D eigenvalue weighted by Gasteiger charge is 2.29.